The van der Waals surface area contributed by atoms with Gasteiger partial charge in [-0.3, -0.25) is 23.2 Å². The van der Waals surface area contributed by atoms with Crippen molar-refractivity contribution in [1.82, 2.24) is 0 Å². The number of para-hydroxylation sites is 2. The number of phosphoric ester groups is 1. The zero-order valence-electron chi connectivity index (χ0n) is 22.3. The Morgan fingerprint density at radius 1 is 0.684 bits per heavy atom. The Hall–Kier alpha value is -2.55. The lowest BCUT2D eigenvalue weighted by Crippen LogP contribution is -2.60. The lowest BCUT2D eigenvalue weighted by atomic mass is 9.74. The van der Waals surface area contributed by atoms with E-state index in [-0.39, 0.29) is 19.8 Å². The summed E-state index contributed by atoms with van der Waals surface area (Å²) in [5.74, 6) is -1.27. The molecule has 0 radical (unpaired) electrons. The number of rotatable bonds is 15. The van der Waals surface area contributed by atoms with Gasteiger partial charge in [0.2, 0.25) is 11.2 Å². The van der Waals surface area contributed by atoms with Gasteiger partial charge in [-0.2, -0.15) is 0 Å². The molecule has 38 heavy (non-hydrogen) atoms. The minimum Gasteiger partial charge on any atom is -0.357 e. The molecule has 0 aliphatic carbocycles. The second kappa shape index (κ2) is 12.1. The molecule has 2 heterocycles. The molecule has 10 heteroatoms. The summed E-state index contributed by atoms with van der Waals surface area (Å²) >= 11 is 0. The molecule has 0 aromatic heterocycles. The van der Waals surface area contributed by atoms with Crippen LogP contribution < -0.4 is 10.6 Å². The molecule has 0 bridgehead atoms. The molecule has 4 rings (SSSR count). The van der Waals surface area contributed by atoms with E-state index in [0.717, 1.165) is 19.3 Å². The van der Waals surface area contributed by atoms with Crippen LogP contribution in [-0.2, 0) is 43.7 Å². The molecule has 2 aromatic carbocycles. The average Bonchev–Trinajstić information content (AvgIpc) is 3.36. The minimum atomic E-state index is -4.38. The number of ether oxygens (including phenoxy) is 1. The van der Waals surface area contributed by atoms with E-state index in [1.165, 1.54) is 0 Å². The van der Waals surface area contributed by atoms with Crippen LogP contribution in [0.25, 0.3) is 0 Å². The van der Waals surface area contributed by atoms with E-state index in [4.69, 9.17) is 18.3 Å². The first-order valence-corrected chi connectivity index (χ1v) is 14.9. The Labute approximate surface area is 224 Å². The van der Waals surface area contributed by atoms with Crippen molar-refractivity contribution in [3.8, 4) is 0 Å². The molecule has 2 aliphatic rings. The van der Waals surface area contributed by atoms with Crippen molar-refractivity contribution in [2.45, 2.75) is 70.5 Å². The van der Waals surface area contributed by atoms with E-state index < -0.39 is 30.8 Å². The van der Waals surface area contributed by atoms with Crippen LogP contribution in [0.1, 0.15) is 70.4 Å². The van der Waals surface area contributed by atoms with Gasteiger partial charge in [0.15, 0.2) is 0 Å². The number of carbonyl (C=O) groups excluding carboxylic acids is 2. The van der Waals surface area contributed by atoms with Crippen molar-refractivity contribution in [1.29, 1.82) is 0 Å². The van der Waals surface area contributed by atoms with Gasteiger partial charge in [0.25, 0.3) is 11.8 Å². The van der Waals surface area contributed by atoms with Gasteiger partial charge in [0.05, 0.1) is 13.2 Å². The van der Waals surface area contributed by atoms with Crippen LogP contribution >= 0.6 is 7.82 Å². The predicted molar refractivity (Wildman–Crippen MR) is 145 cm³/mol. The molecule has 0 saturated heterocycles. The van der Waals surface area contributed by atoms with Gasteiger partial charge < -0.3 is 15.4 Å². The third-order valence-corrected chi connectivity index (χ3v) is 8.30. The molecule has 2 aliphatic heterocycles. The van der Waals surface area contributed by atoms with Crippen molar-refractivity contribution < 1.29 is 32.5 Å². The van der Waals surface area contributed by atoms with Crippen LogP contribution in [0, 0.1) is 0 Å². The van der Waals surface area contributed by atoms with Crippen molar-refractivity contribution in [3.63, 3.8) is 0 Å². The first-order valence-electron chi connectivity index (χ1n) is 13.4. The molecular weight excluding hydrogens is 507 g/mol. The standard InChI is InChI=1S/C28H37N2O7P/c1-4-7-18-34-27(21-14-10-12-16-23(21)29-25(27)31)28(22-15-11-13-17-24(22)30-26(28)32)37-38(33,35-19-8-5-2)36-20-9-6-3/h10-17H,4-9,18-20H2,1-3H3,(H,29,31)(H,30,32). The van der Waals surface area contributed by atoms with Crippen molar-refractivity contribution >= 4 is 31.0 Å². The third-order valence-electron chi connectivity index (χ3n) is 6.80. The predicted octanol–water partition coefficient (Wildman–Crippen LogP) is 6.26. The Balaban J connectivity index is 1.95. The number of amides is 2. The lowest BCUT2D eigenvalue weighted by molar-refractivity contribution is -0.194. The summed E-state index contributed by atoms with van der Waals surface area (Å²) in [4.78, 5) is 28.2. The fraction of sp³-hybridized carbons (Fsp3) is 0.500. The van der Waals surface area contributed by atoms with Gasteiger partial charge in [-0.05, 0) is 31.4 Å². The Morgan fingerprint density at radius 2 is 1.13 bits per heavy atom. The molecule has 2 amide bonds. The van der Waals surface area contributed by atoms with Gasteiger partial charge in [-0.1, -0.05) is 76.4 Å². The highest BCUT2D eigenvalue weighted by Crippen LogP contribution is 2.64. The SMILES string of the molecule is CCCCOC1(C2(OP(=O)(OCCCC)OCCCC)C(=O)Nc3ccccc32)C(=O)Nc2ccccc21. The maximum atomic E-state index is 14.3. The number of hydrogen-bond acceptors (Lipinski definition) is 7. The third kappa shape index (κ3) is 4.94. The highest BCUT2D eigenvalue weighted by molar-refractivity contribution is 7.48. The molecule has 206 valence electrons. The van der Waals surface area contributed by atoms with Crippen molar-refractivity contribution in [2.75, 3.05) is 30.5 Å². The zero-order valence-corrected chi connectivity index (χ0v) is 23.2. The Kier molecular flexibility index (Phi) is 9.06. The fourth-order valence-electron chi connectivity index (χ4n) is 4.83. The zero-order chi connectivity index (χ0) is 27.2. The average molecular weight is 545 g/mol. The molecule has 9 nitrogen and oxygen atoms in total. The fourth-order valence-corrected chi connectivity index (χ4v) is 6.36. The number of nitrogens with one attached hydrogen (secondary N) is 2. The molecule has 0 saturated carbocycles. The Morgan fingerprint density at radius 3 is 1.66 bits per heavy atom. The topological polar surface area (TPSA) is 112 Å². The van der Waals surface area contributed by atoms with Crippen LogP contribution in [0.15, 0.2) is 48.5 Å². The largest absolute Gasteiger partial charge is 0.476 e. The number of fused-ring (bicyclic) bond motifs is 2. The first kappa shape index (κ1) is 28.5. The minimum absolute atomic E-state index is 0.103. The van der Waals surface area contributed by atoms with Crippen LogP contribution in [0.3, 0.4) is 0 Å². The molecule has 2 aromatic rings. The highest BCUT2D eigenvalue weighted by atomic mass is 31.2. The van der Waals surface area contributed by atoms with Gasteiger partial charge in [-0.25, -0.2) is 4.57 Å². The summed E-state index contributed by atoms with van der Waals surface area (Å²) in [6.45, 7) is 6.32. The van der Waals surface area contributed by atoms with Gasteiger partial charge in [0.1, 0.15) is 0 Å². The van der Waals surface area contributed by atoms with Crippen molar-refractivity contribution in [3.05, 3.63) is 59.7 Å². The van der Waals surface area contributed by atoms with Crippen molar-refractivity contribution in [2.24, 2.45) is 0 Å². The number of unbranched alkanes of at least 4 members (excludes halogenated alkanes) is 3. The van der Waals surface area contributed by atoms with E-state index in [2.05, 4.69) is 10.6 Å². The van der Waals surface area contributed by atoms with E-state index >= 15 is 0 Å². The summed E-state index contributed by atoms with van der Waals surface area (Å²) in [6.07, 6.45) is 4.25. The van der Waals surface area contributed by atoms with Crippen LogP contribution in [-0.4, -0.2) is 31.6 Å². The summed E-state index contributed by atoms with van der Waals surface area (Å²) in [5.41, 5.74) is -2.52. The first-order chi connectivity index (χ1) is 18.4. The van der Waals surface area contributed by atoms with E-state index in [9.17, 15) is 14.2 Å². The van der Waals surface area contributed by atoms with Crippen LogP contribution in [0.2, 0.25) is 0 Å². The summed E-state index contributed by atoms with van der Waals surface area (Å²) < 4.78 is 38.6. The lowest BCUT2D eigenvalue weighted by Gasteiger charge is -2.43. The summed E-state index contributed by atoms with van der Waals surface area (Å²) in [5, 5.41) is 5.70. The number of hydrogen-bond donors (Lipinski definition) is 2. The molecule has 2 unspecified atom stereocenters. The quantitative estimate of drug-likeness (QED) is 0.201. The van der Waals surface area contributed by atoms with Crippen LogP contribution in [0.5, 0.6) is 0 Å². The maximum Gasteiger partial charge on any atom is 0.476 e. The van der Waals surface area contributed by atoms with E-state index in [1.54, 1.807) is 48.5 Å². The number of carbonyl (C=O) groups is 2. The molecule has 2 atom stereocenters. The highest BCUT2D eigenvalue weighted by Gasteiger charge is 2.73. The Bertz CT molecular complexity index is 1190. The van der Waals surface area contributed by atoms with Crippen LogP contribution in [0.4, 0.5) is 11.4 Å². The second-order valence-corrected chi connectivity index (χ2v) is 11.1. The van der Waals surface area contributed by atoms with Gasteiger partial charge in [0, 0.05) is 29.1 Å². The molecule has 2 N–H and O–H groups in total. The monoisotopic (exact) mass is 544 g/mol. The van der Waals surface area contributed by atoms with E-state index in [0.29, 0.717) is 41.8 Å². The second-order valence-electron chi connectivity index (χ2n) is 9.48. The molecule has 0 spiro atoms. The normalized spacial score (nSPS) is 22.2. The summed E-state index contributed by atoms with van der Waals surface area (Å²) in [7, 11) is -4.38. The number of phosphoric acid groups is 1. The summed E-state index contributed by atoms with van der Waals surface area (Å²) in [6, 6.07) is 13.9. The number of anilines is 2. The van der Waals surface area contributed by atoms with Gasteiger partial charge in [-0.15, -0.1) is 0 Å². The number of benzene rings is 2. The molecular formula is C28H37N2O7P. The smallest absolute Gasteiger partial charge is 0.357 e. The molecule has 0 fully saturated rings. The van der Waals surface area contributed by atoms with E-state index in [1.807, 2.05) is 20.8 Å². The maximum absolute atomic E-state index is 14.3. The van der Waals surface area contributed by atoms with Gasteiger partial charge >= 0.3 is 7.82 Å².